The summed E-state index contributed by atoms with van der Waals surface area (Å²) < 4.78 is 0. The maximum Gasteiger partial charge on any atom is 0.0481 e. The molecule has 0 atom stereocenters. The number of hydrogen-bond donors (Lipinski definition) is 0. The van der Waals surface area contributed by atoms with E-state index in [1.54, 1.807) is 0 Å². The first-order chi connectivity index (χ1) is 20.5. The minimum absolute atomic E-state index is 1.06. The van der Waals surface area contributed by atoms with Crippen molar-refractivity contribution >= 4 is 79.4 Å². The number of aryl methyl sites for hydroxylation is 4. The van der Waals surface area contributed by atoms with Gasteiger partial charge in [-0.05, 0) is 115 Å². The lowest BCUT2D eigenvalue weighted by atomic mass is 10.1. The molecule has 212 valence electrons. The Balaban J connectivity index is 1.12. The van der Waals surface area contributed by atoms with E-state index in [0.29, 0.717) is 0 Å². The molecule has 0 bridgehead atoms. The summed E-state index contributed by atoms with van der Waals surface area (Å²) in [5.74, 6) is 0. The Kier molecular flexibility index (Phi) is 8.27. The van der Waals surface area contributed by atoms with Gasteiger partial charge in [-0.15, -0.1) is 79.4 Å². The zero-order chi connectivity index (χ0) is 28.8. The van der Waals surface area contributed by atoms with Crippen LogP contribution in [0.4, 0.5) is 0 Å². The second-order valence-corrected chi connectivity index (χ2v) is 17.7. The van der Waals surface area contributed by atoms with Crippen LogP contribution in [0.2, 0.25) is 0 Å². The summed E-state index contributed by atoms with van der Waals surface area (Å²) in [4.78, 5) is 18.1. The van der Waals surface area contributed by atoms with Crippen LogP contribution in [0.1, 0.15) is 42.3 Å². The van der Waals surface area contributed by atoms with Crippen molar-refractivity contribution in [3.63, 3.8) is 0 Å². The lowest BCUT2D eigenvalue weighted by Gasteiger charge is -1.97. The smallest absolute Gasteiger partial charge is 0.0481 e. The molecule has 0 aliphatic heterocycles. The molecule has 0 radical (unpaired) electrons. The molecule has 0 aromatic carbocycles. The molecule has 7 heteroatoms. The monoisotopic (exact) mass is 674 g/mol. The normalized spacial score (nSPS) is 11.6. The van der Waals surface area contributed by atoms with Crippen LogP contribution >= 0.6 is 79.4 Å². The van der Waals surface area contributed by atoms with E-state index in [1.807, 2.05) is 79.4 Å². The van der Waals surface area contributed by atoms with E-state index in [4.69, 9.17) is 0 Å². The summed E-state index contributed by atoms with van der Waals surface area (Å²) in [5.41, 5.74) is 4.40. The van der Waals surface area contributed by atoms with Crippen molar-refractivity contribution < 1.29 is 0 Å². The van der Waals surface area contributed by atoms with Crippen molar-refractivity contribution in [2.24, 2.45) is 0 Å². The summed E-state index contributed by atoms with van der Waals surface area (Å²) in [7, 11) is 0. The van der Waals surface area contributed by atoms with Crippen LogP contribution in [0, 0.1) is 6.92 Å². The first-order valence-electron chi connectivity index (χ1n) is 14.2. The molecule has 0 aliphatic carbocycles. The van der Waals surface area contributed by atoms with Gasteiger partial charge in [0.05, 0.1) is 0 Å². The standard InChI is InChI=1S/C35H30S7/c1-5-21-16-17-36-33(21)32-19-23(7-3)35(42-32)31-15-13-29(41-31)27-11-9-25(39-27)24-8-10-26(38-24)28-12-14-30(40-28)34-22(6-2)18-20(4)37-34/h8-19H,5-7H2,1-4H3. The van der Waals surface area contributed by atoms with Gasteiger partial charge >= 0.3 is 0 Å². The minimum Gasteiger partial charge on any atom is -0.143 e. The number of thiophene rings is 7. The number of rotatable bonds is 9. The quantitative estimate of drug-likeness (QED) is 0.143. The van der Waals surface area contributed by atoms with Crippen LogP contribution < -0.4 is 0 Å². The maximum absolute atomic E-state index is 2.43. The summed E-state index contributed by atoms with van der Waals surface area (Å²) >= 11 is 13.5. The van der Waals surface area contributed by atoms with E-state index >= 15 is 0 Å². The van der Waals surface area contributed by atoms with E-state index in [9.17, 15) is 0 Å². The van der Waals surface area contributed by atoms with Gasteiger partial charge in [-0.25, -0.2) is 0 Å². The van der Waals surface area contributed by atoms with Crippen molar-refractivity contribution in [3.05, 3.63) is 93.7 Å². The molecular formula is C35H30S7. The molecule has 0 saturated carbocycles. The van der Waals surface area contributed by atoms with Crippen LogP contribution in [0.5, 0.6) is 0 Å². The molecule has 0 N–H and O–H groups in total. The van der Waals surface area contributed by atoms with E-state index in [2.05, 4.69) is 99.8 Å². The van der Waals surface area contributed by atoms with E-state index < -0.39 is 0 Å². The molecule has 7 aromatic heterocycles. The lowest BCUT2D eigenvalue weighted by molar-refractivity contribution is 1.15. The van der Waals surface area contributed by atoms with Crippen LogP contribution in [0.15, 0.2) is 72.1 Å². The highest BCUT2D eigenvalue weighted by molar-refractivity contribution is 7.31. The third kappa shape index (κ3) is 5.38. The SMILES string of the molecule is CCc1ccsc1-c1cc(CC)c(-c2ccc(-c3ccc(-c4ccc(-c5ccc(-c6sc(C)cc6CC)s5)s4)s3)s2)s1. The Bertz CT molecular complexity index is 1970. The molecule has 0 aliphatic rings. The molecule has 0 amide bonds. The molecule has 7 heterocycles. The van der Waals surface area contributed by atoms with E-state index in [-0.39, 0.29) is 0 Å². The third-order valence-corrected chi connectivity index (χ3v) is 16.1. The molecule has 0 nitrogen and oxygen atoms in total. The first-order valence-corrected chi connectivity index (χ1v) is 20.0. The fourth-order valence-corrected chi connectivity index (χ4v) is 13.4. The topological polar surface area (TPSA) is 0 Å². The molecule has 0 fully saturated rings. The largest absolute Gasteiger partial charge is 0.143 e. The van der Waals surface area contributed by atoms with Gasteiger partial charge in [0.1, 0.15) is 0 Å². The lowest BCUT2D eigenvalue weighted by Crippen LogP contribution is -1.78. The Morgan fingerprint density at radius 1 is 0.405 bits per heavy atom. The average Bonchev–Trinajstić information content (AvgIpc) is 3.85. The fraction of sp³-hybridized carbons (Fsp3) is 0.200. The Labute approximate surface area is 276 Å². The Hall–Kier alpha value is -2.10. The van der Waals surface area contributed by atoms with Gasteiger partial charge in [-0.1, -0.05) is 20.8 Å². The average molecular weight is 675 g/mol. The summed E-state index contributed by atoms with van der Waals surface area (Å²) in [6.07, 6.45) is 3.24. The predicted molar refractivity (Wildman–Crippen MR) is 197 cm³/mol. The zero-order valence-corrected chi connectivity index (χ0v) is 29.6. The zero-order valence-electron chi connectivity index (χ0n) is 23.9. The van der Waals surface area contributed by atoms with Crippen molar-refractivity contribution in [1.29, 1.82) is 0 Å². The van der Waals surface area contributed by atoms with Crippen molar-refractivity contribution in [2.45, 2.75) is 47.0 Å². The highest BCUT2D eigenvalue weighted by atomic mass is 32.1. The van der Waals surface area contributed by atoms with Gasteiger partial charge < -0.3 is 0 Å². The summed E-state index contributed by atoms with van der Waals surface area (Å²) in [6, 6.07) is 25.6. The molecule has 7 aromatic rings. The Morgan fingerprint density at radius 3 is 1.33 bits per heavy atom. The summed E-state index contributed by atoms with van der Waals surface area (Å²) in [5, 5.41) is 2.24. The van der Waals surface area contributed by atoms with Gasteiger partial charge in [-0.2, -0.15) is 0 Å². The molecule has 7 rings (SSSR count). The minimum atomic E-state index is 1.06. The second-order valence-electron chi connectivity index (χ2n) is 10.2. The Morgan fingerprint density at radius 2 is 0.833 bits per heavy atom. The summed E-state index contributed by atoms with van der Waals surface area (Å²) in [6.45, 7) is 9.01. The molecule has 42 heavy (non-hydrogen) atoms. The van der Waals surface area contributed by atoms with Crippen LogP contribution in [0.3, 0.4) is 0 Å². The highest BCUT2D eigenvalue weighted by Crippen LogP contribution is 2.48. The van der Waals surface area contributed by atoms with Crippen LogP contribution in [-0.4, -0.2) is 0 Å². The number of hydrogen-bond acceptors (Lipinski definition) is 7. The van der Waals surface area contributed by atoms with Crippen molar-refractivity contribution in [3.8, 4) is 58.5 Å². The molecule has 0 unspecified atom stereocenters. The van der Waals surface area contributed by atoms with Gasteiger partial charge in [-0.3, -0.25) is 0 Å². The van der Waals surface area contributed by atoms with Crippen LogP contribution in [-0.2, 0) is 19.3 Å². The predicted octanol–water partition coefficient (Wildman–Crippen LogP) is 14.1. The van der Waals surface area contributed by atoms with Gasteiger partial charge in [0.25, 0.3) is 0 Å². The fourth-order valence-electron chi connectivity index (χ4n) is 5.27. The van der Waals surface area contributed by atoms with Crippen molar-refractivity contribution in [2.75, 3.05) is 0 Å². The van der Waals surface area contributed by atoms with E-state index in [1.165, 1.54) is 80.1 Å². The van der Waals surface area contributed by atoms with Crippen molar-refractivity contribution in [1.82, 2.24) is 0 Å². The maximum atomic E-state index is 2.43. The second kappa shape index (κ2) is 12.1. The first kappa shape index (κ1) is 28.7. The molecule has 0 spiro atoms. The van der Waals surface area contributed by atoms with Crippen LogP contribution in [0.25, 0.3) is 58.5 Å². The molecular weight excluding hydrogens is 645 g/mol. The van der Waals surface area contributed by atoms with Gasteiger partial charge in [0.15, 0.2) is 0 Å². The molecule has 0 saturated heterocycles. The van der Waals surface area contributed by atoms with Gasteiger partial charge in [0.2, 0.25) is 0 Å². The highest BCUT2D eigenvalue weighted by Gasteiger charge is 2.18. The third-order valence-electron chi connectivity index (χ3n) is 7.45. The van der Waals surface area contributed by atoms with E-state index in [0.717, 1.165) is 19.3 Å². The van der Waals surface area contributed by atoms with Gasteiger partial charge in [0, 0.05) is 63.4 Å².